The molecule has 0 heterocycles. The predicted octanol–water partition coefficient (Wildman–Crippen LogP) is 5.05. The molecule has 0 fully saturated rings. The van der Waals surface area contributed by atoms with E-state index in [0.717, 1.165) is 12.1 Å². The highest BCUT2D eigenvalue weighted by molar-refractivity contribution is 5.37. The van der Waals surface area contributed by atoms with Crippen molar-refractivity contribution in [3.8, 4) is 0 Å². The molecule has 0 aliphatic heterocycles. The molecule has 1 unspecified atom stereocenters. The lowest BCUT2D eigenvalue weighted by molar-refractivity contribution is 0.102. The van der Waals surface area contributed by atoms with Crippen LogP contribution >= 0.6 is 0 Å². The quantitative estimate of drug-likeness (QED) is 0.633. The van der Waals surface area contributed by atoms with Crippen molar-refractivity contribution >= 4 is 0 Å². The number of hydrogen-bond donors (Lipinski definition) is 1. The standard InChI is InChI=1S/C22H27F2NO/c1-15(2)11-25-12-18(22-16(3)7-5-8-17(22)4)13-26-14-19-20(23)9-6-10-21(19)24/h5-10,18,25H,1,11-14H2,2-4H3. The van der Waals surface area contributed by atoms with Crippen molar-refractivity contribution in [2.45, 2.75) is 33.3 Å². The van der Waals surface area contributed by atoms with Crippen LogP contribution in [-0.4, -0.2) is 19.7 Å². The molecular weight excluding hydrogens is 332 g/mol. The lowest BCUT2D eigenvalue weighted by Crippen LogP contribution is -2.27. The molecule has 4 heteroatoms. The topological polar surface area (TPSA) is 21.3 Å². The van der Waals surface area contributed by atoms with Crippen molar-refractivity contribution in [1.82, 2.24) is 5.32 Å². The summed E-state index contributed by atoms with van der Waals surface area (Å²) in [7, 11) is 0. The second-order valence-electron chi connectivity index (χ2n) is 6.81. The molecule has 0 saturated carbocycles. The third kappa shape index (κ3) is 5.48. The van der Waals surface area contributed by atoms with Crippen LogP contribution in [0.1, 0.15) is 35.1 Å². The highest BCUT2D eigenvalue weighted by Crippen LogP contribution is 2.24. The molecule has 0 aliphatic rings. The zero-order valence-corrected chi connectivity index (χ0v) is 15.7. The summed E-state index contributed by atoms with van der Waals surface area (Å²) in [5.74, 6) is -1.06. The molecule has 2 rings (SSSR count). The Morgan fingerprint density at radius 2 is 1.65 bits per heavy atom. The number of hydrogen-bond acceptors (Lipinski definition) is 2. The lowest BCUT2D eigenvalue weighted by Gasteiger charge is -2.22. The lowest BCUT2D eigenvalue weighted by atomic mass is 9.91. The van der Waals surface area contributed by atoms with Crippen molar-refractivity contribution in [2.24, 2.45) is 0 Å². The van der Waals surface area contributed by atoms with Gasteiger partial charge in [0.2, 0.25) is 0 Å². The fraction of sp³-hybridized carbons (Fsp3) is 0.364. The van der Waals surface area contributed by atoms with Crippen LogP contribution in [0.3, 0.4) is 0 Å². The van der Waals surface area contributed by atoms with Gasteiger partial charge in [0, 0.05) is 24.6 Å². The van der Waals surface area contributed by atoms with Crippen LogP contribution < -0.4 is 5.32 Å². The van der Waals surface area contributed by atoms with E-state index in [1.54, 1.807) is 0 Å². The Labute approximate surface area is 154 Å². The maximum atomic E-state index is 13.8. The fourth-order valence-electron chi connectivity index (χ4n) is 3.15. The summed E-state index contributed by atoms with van der Waals surface area (Å²) in [5, 5.41) is 3.38. The van der Waals surface area contributed by atoms with E-state index in [0.29, 0.717) is 13.2 Å². The van der Waals surface area contributed by atoms with E-state index >= 15 is 0 Å². The molecule has 2 nitrogen and oxygen atoms in total. The van der Waals surface area contributed by atoms with E-state index in [1.165, 1.54) is 34.9 Å². The Hall–Kier alpha value is -2.04. The zero-order chi connectivity index (χ0) is 19.1. The Balaban J connectivity index is 2.10. The number of halogens is 2. The monoisotopic (exact) mass is 359 g/mol. The van der Waals surface area contributed by atoms with Gasteiger partial charge in [0.05, 0.1) is 13.2 Å². The molecule has 2 aromatic rings. The summed E-state index contributed by atoms with van der Waals surface area (Å²) < 4.78 is 33.3. The molecule has 0 bridgehead atoms. The van der Waals surface area contributed by atoms with E-state index in [1.807, 2.05) is 13.0 Å². The number of ether oxygens (including phenoxy) is 1. The molecular formula is C22H27F2NO. The highest BCUT2D eigenvalue weighted by Gasteiger charge is 2.17. The van der Waals surface area contributed by atoms with E-state index < -0.39 is 11.6 Å². The van der Waals surface area contributed by atoms with Crippen LogP contribution in [0.15, 0.2) is 48.6 Å². The summed E-state index contributed by atoms with van der Waals surface area (Å²) in [6, 6.07) is 10.0. The van der Waals surface area contributed by atoms with E-state index in [9.17, 15) is 8.78 Å². The van der Waals surface area contributed by atoms with Crippen molar-refractivity contribution < 1.29 is 13.5 Å². The van der Waals surface area contributed by atoms with Crippen LogP contribution in [0, 0.1) is 25.5 Å². The molecule has 26 heavy (non-hydrogen) atoms. The first kappa shape index (κ1) is 20.3. The Bertz CT molecular complexity index is 717. The van der Waals surface area contributed by atoms with E-state index in [4.69, 9.17) is 4.74 Å². The molecule has 0 spiro atoms. The second kappa shape index (κ2) is 9.60. The maximum Gasteiger partial charge on any atom is 0.131 e. The van der Waals surface area contributed by atoms with E-state index in [2.05, 4.69) is 37.9 Å². The van der Waals surface area contributed by atoms with Crippen molar-refractivity contribution in [1.29, 1.82) is 0 Å². The van der Waals surface area contributed by atoms with Crippen LogP contribution in [-0.2, 0) is 11.3 Å². The minimum absolute atomic E-state index is 0.0253. The van der Waals surface area contributed by atoms with Gasteiger partial charge in [0.25, 0.3) is 0 Å². The van der Waals surface area contributed by atoms with Gasteiger partial charge in [0.1, 0.15) is 11.6 Å². The van der Waals surface area contributed by atoms with Crippen molar-refractivity contribution in [3.63, 3.8) is 0 Å². The molecule has 2 aromatic carbocycles. The number of benzene rings is 2. The van der Waals surface area contributed by atoms with Crippen LogP contribution in [0.4, 0.5) is 8.78 Å². The Kier molecular flexibility index (Phi) is 7.49. The van der Waals surface area contributed by atoms with Crippen LogP contribution in [0.2, 0.25) is 0 Å². The first-order valence-electron chi connectivity index (χ1n) is 8.82. The SMILES string of the molecule is C=C(C)CNCC(COCc1c(F)cccc1F)c1c(C)cccc1C. The van der Waals surface area contributed by atoms with Gasteiger partial charge in [-0.05, 0) is 49.6 Å². The largest absolute Gasteiger partial charge is 0.376 e. The molecule has 1 N–H and O–H groups in total. The third-order valence-corrected chi connectivity index (χ3v) is 4.40. The van der Waals surface area contributed by atoms with E-state index in [-0.39, 0.29) is 18.1 Å². The van der Waals surface area contributed by atoms with Gasteiger partial charge in [-0.25, -0.2) is 8.78 Å². The first-order chi connectivity index (χ1) is 12.4. The van der Waals surface area contributed by atoms with Gasteiger partial charge < -0.3 is 10.1 Å². The normalized spacial score (nSPS) is 12.2. The fourth-order valence-corrected chi connectivity index (χ4v) is 3.15. The Morgan fingerprint density at radius 1 is 1.08 bits per heavy atom. The minimum atomic E-state index is -0.575. The maximum absolute atomic E-state index is 13.8. The summed E-state index contributed by atoms with van der Waals surface area (Å²) in [5.41, 5.74) is 4.62. The number of rotatable bonds is 9. The van der Waals surface area contributed by atoms with Crippen LogP contribution in [0.25, 0.3) is 0 Å². The summed E-state index contributed by atoms with van der Waals surface area (Å²) in [4.78, 5) is 0. The van der Waals surface area contributed by atoms with Gasteiger partial charge in [-0.3, -0.25) is 0 Å². The Morgan fingerprint density at radius 3 is 2.23 bits per heavy atom. The second-order valence-corrected chi connectivity index (χ2v) is 6.81. The molecule has 1 atom stereocenters. The minimum Gasteiger partial charge on any atom is -0.376 e. The zero-order valence-electron chi connectivity index (χ0n) is 15.7. The molecule has 140 valence electrons. The van der Waals surface area contributed by atoms with Gasteiger partial charge in [-0.15, -0.1) is 0 Å². The van der Waals surface area contributed by atoms with Crippen LogP contribution in [0.5, 0.6) is 0 Å². The van der Waals surface area contributed by atoms with Crippen molar-refractivity contribution in [3.05, 3.63) is 82.4 Å². The van der Waals surface area contributed by atoms with Gasteiger partial charge in [-0.1, -0.05) is 36.4 Å². The smallest absolute Gasteiger partial charge is 0.131 e. The highest BCUT2D eigenvalue weighted by atomic mass is 19.1. The number of nitrogens with one attached hydrogen (secondary N) is 1. The van der Waals surface area contributed by atoms with Crippen molar-refractivity contribution in [2.75, 3.05) is 19.7 Å². The summed E-state index contributed by atoms with van der Waals surface area (Å²) >= 11 is 0. The van der Waals surface area contributed by atoms with Gasteiger partial charge >= 0.3 is 0 Å². The average Bonchev–Trinajstić information content (AvgIpc) is 2.56. The number of aryl methyl sites for hydroxylation is 2. The van der Waals surface area contributed by atoms with Gasteiger partial charge in [-0.2, -0.15) is 0 Å². The third-order valence-electron chi connectivity index (χ3n) is 4.40. The molecule has 0 radical (unpaired) electrons. The molecule has 0 aliphatic carbocycles. The molecule has 0 saturated heterocycles. The average molecular weight is 359 g/mol. The predicted molar refractivity (Wildman–Crippen MR) is 102 cm³/mol. The molecule has 0 aromatic heterocycles. The molecule has 0 amide bonds. The first-order valence-corrected chi connectivity index (χ1v) is 8.82. The summed E-state index contributed by atoms with van der Waals surface area (Å²) in [6.45, 7) is 11.7. The van der Waals surface area contributed by atoms with Gasteiger partial charge in [0.15, 0.2) is 0 Å². The summed E-state index contributed by atoms with van der Waals surface area (Å²) in [6.07, 6.45) is 0.